The van der Waals surface area contributed by atoms with Gasteiger partial charge in [0.05, 0.1) is 5.41 Å². The summed E-state index contributed by atoms with van der Waals surface area (Å²) in [4.78, 5) is 29.3. The van der Waals surface area contributed by atoms with Crippen LogP contribution >= 0.6 is 15.9 Å². The predicted octanol–water partition coefficient (Wildman–Crippen LogP) is 4.83. The van der Waals surface area contributed by atoms with Crippen LogP contribution in [0, 0.1) is 0 Å². The van der Waals surface area contributed by atoms with Crippen molar-refractivity contribution in [2.24, 2.45) is 0 Å². The van der Waals surface area contributed by atoms with E-state index in [1.165, 1.54) is 0 Å². The maximum atomic E-state index is 13.1. The summed E-state index contributed by atoms with van der Waals surface area (Å²) in [6.45, 7) is 0.413. The van der Waals surface area contributed by atoms with E-state index in [0.29, 0.717) is 17.8 Å². The molecule has 152 valence electrons. The number of pyridine rings is 1. The fraction of sp³-hybridized carbons (Fsp3) is 0.208. The summed E-state index contributed by atoms with van der Waals surface area (Å²) in [5.74, 6) is -0.135. The van der Waals surface area contributed by atoms with E-state index >= 15 is 0 Å². The molecule has 0 spiro atoms. The summed E-state index contributed by atoms with van der Waals surface area (Å²) in [7, 11) is 0. The van der Waals surface area contributed by atoms with Gasteiger partial charge in [0.15, 0.2) is 0 Å². The van der Waals surface area contributed by atoms with Crippen LogP contribution in [0.15, 0.2) is 77.5 Å². The lowest BCUT2D eigenvalue weighted by Crippen LogP contribution is -2.48. The number of nitrogens with one attached hydrogen (secondary N) is 2. The van der Waals surface area contributed by atoms with E-state index < -0.39 is 5.41 Å². The molecule has 5 nitrogen and oxygen atoms in total. The molecule has 0 bridgehead atoms. The molecule has 2 aromatic carbocycles. The van der Waals surface area contributed by atoms with Gasteiger partial charge in [-0.2, -0.15) is 0 Å². The van der Waals surface area contributed by atoms with Crippen molar-refractivity contribution in [1.29, 1.82) is 0 Å². The van der Waals surface area contributed by atoms with Gasteiger partial charge in [-0.15, -0.1) is 0 Å². The maximum Gasteiger partial charge on any atom is 0.255 e. The molecule has 0 radical (unpaired) electrons. The largest absolute Gasteiger partial charge is 0.351 e. The minimum absolute atomic E-state index is 0.0577. The van der Waals surface area contributed by atoms with E-state index in [4.69, 9.17) is 0 Å². The highest BCUT2D eigenvalue weighted by Crippen LogP contribution is 2.44. The quantitative estimate of drug-likeness (QED) is 0.549. The first-order valence-electron chi connectivity index (χ1n) is 9.91. The third-order valence-electron chi connectivity index (χ3n) is 5.62. The Labute approximate surface area is 184 Å². The monoisotopic (exact) mass is 463 g/mol. The smallest absolute Gasteiger partial charge is 0.255 e. The first-order valence-corrected chi connectivity index (χ1v) is 10.7. The van der Waals surface area contributed by atoms with Crippen LogP contribution < -0.4 is 10.6 Å². The van der Waals surface area contributed by atoms with Crippen molar-refractivity contribution in [3.63, 3.8) is 0 Å². The van der Waals surface area contributed by atoms with Crippen LogP contribution in [-0.4, -0.2) is 16.8 Å². The molecule has 4 rings (SSSR count). The molecule has 2 N–H and O–H groups in total. The van der Waals surface area contributed by atoms with E-state index in [0.717, 1.165) is 34.9 Å². The summed E-state index contributed by atoms with van der Waals surface area (Å²) >= 11 is 3.46. The Morgan fingerprint density at radius 3 is 2.40 bits per heavy atom. The van der Waals surface area contributed by atoms with Crippen LogP contribution in [0.3, 0.4) is 0 Å². The third kappa shape index (κ3) is 4.28. The summed E-state index contributed by atoms with van der Waals surface area (Å²) in [6, 6.07) is 18.9. The molecular formula is C24H22BrN3O2. The standard InChI is InChI=1S/C24H22BrN3O2/c25-20-7-5-19(6-8-20)24(11-2-12-24)23(30)27-16-17-3-1-4-21(15-17)28-22(29)18-9-13-26-14-10-18/h1,3-10,13-15H,2,11-12,16H2,(H,27,30)(H,28,29). The van der Waals surface area contributed by atoms with Gasteiger partial charge < -0.3 is 10.6 Å². The molecule has 1 fully saturated rings. The molecule has 3 aromatic rings. The fourth-order valence-corrected chi connectivity index (χ4v) is 4.03. The van der Waals surface area contributed by atoms with Crippen molar-refractivity contribution >= 4 is 33.4 Å². The maximum absolute atomic E-state index is 13.1. The van der Waals surface area contributed by atoms with Gasteiger partial charge in [-0.1, -0.05) is 46.6 Å². The highest BCUT2D eigenvalue weighted by atomic mass is 79.9. The lowest BCUT2D eigenvalue weighted by molar-refractivity contribution is -0.130. The molecule has 1 aromatic heterocycles. The Morgan fingerprint density at radius 1 is 1.00 bits per heavy atom. The lowest BCUT2D eigenvalue weighted by Gasteiger charge is -2.40. The third-order valence-corrected chi connectivity index (χ3v) is 6.15. The van der Waals surface area contributed by atoms with Gasteiger partial charge >= 0.3 is 0 Å². The van der Waals surface area contributed by atoms with Crippen molar-refractivity contribution in [2.75, 3.05) is 5.32 Å². The van der Waals surface area contributed by atoms with Gasteiger partial charge in [-0.05, 0) is 60.4 Å². The van der Waals surface area contributed by atoms with E-state index in [2.05, 4.69) is 31.5 Å². The molecule has 0 unspecified atom stereocenters. The second kappa shape index (κ2) is 8.79. The topological polar surface area (TPSA) is 71.1 Å². The van der Waals surface area contributed by atoms with E-state index in [1.54, 1.807) is 24.5 Å². The molecule has 1 saturated carbocycles. The number of hydrogen-bond acceptors (Lipinski definition) is 3. The molecule has 2 amide bonds. The van der Waals surface area contributed by atoms with Crippen LogP contribution in [0.5, 0.6) is 0 Å². The Hall–Kier alpha value is -2.99. The number of halogens is 1. The molecule has 0 atom stereocenters. The van der Waals surface area contributed by atoms with E-state index in [1.807, 2.05) is 48.5 Å². The zero-order chi connectivity index (χ0) is 21.0. The van der Waals surface area contributed by atoms with E-state index in [9.17, 15) is 9.59 Å². The van der Waals surface area contributed by atoms with Crippen molar-refractivity contribution < 1.29 is 9.59 Å². The Bertz CT molecular complexity index is 1050. The number of aromatic nitrogens is 1. The number of anilines is 1. The van der Waals surface area contributed by atoms with Gasteiger partial charge in [0.25, 0.3) is 5.91 Å². The number of amides is 2. The van der Waals surface area contributed by atoms with Crippen LogP contribution in [0.4, 0.5) is 5.69 Å². The van der Waals surface area contributed by atoms with Crippen molar-refractivity contribution in [2.45, 2.75) is 31.2 Å². The Kier molecular flexibility index (Phi) is 5.95. The number of rotatable bonds is 6. The first kappa shape index (κ1) is 20.3. The van der Waals surface area contributed by atoms with Crippen LogP contribution in [0.1, 0.15) is 40.7 Å². The fourth-order valence-electron chi connectivity index (χ4n) is 3.76. The molecule has 6 heteroatoms. The summed E-state index contributed by atoms with van der Waals surface area (Å²) in [5, 5.41) is 5.98. The lowest BCUT2D eigenvalue weighted by atomic mass is 9.64. The number of carbonyl (C=O) groups is 2. The van der Waals surface area contributed by atoms with Crippen LogP contribution in [0.25, 0.3) is 0 Å². The van der Waals surface area contributed by atoms with E-state index in [-0.39, 0.29) is 11.8 Å². The molecule has 0 aliphatic heterocycles. The van der Waals surface area contributed by atoms with Gasteiger partial charge in [-0.25, -0.2) is 0 Å². The number of hydrogen-bond donors (Lipinski definition) is 2. The second-order valence-corrected chi connectivity index (χ2v) is 8.43. The zero-order valence-corrected chi connectivity index (χ0v) is 18.0. The zero-order valence-electron chi connectivity index (χ0n) is 16.4. The number of benzene rings is 2. The average molecular weight is 464 g/mol. The van der Waals surface area contributed by atoms with Gasteiger partial charge in [0.2, 0.25) is 5.91 Å². The number of carbonyl (C=O) groups excluding carboxylic acids is 2. The summed E-state index contributed by atoms with van der Waals surface area (Å²) in [5.41, 5.74) is 2.79. The normalized spacial score (nSPS) is 14.4. The van der Waals surface area contributed by atoms with Gasteiger partial charge in [0, 0.05) is 34.7 Å². The SMILES string of the molecule is O=C(Nc1cccc(CNC(=O)C2(c3ccc(Br)cc3)CCC2)c1)c1ccncc1. The molecule has 1 heterocycles. The molecule has 1 aliphatic carbocycles. The number of nitrogens with zero attached hydrogens (tertiary/aromatic N) is 1. The average Bonchev–Trinajstić information content (AvgIpc) is 2.74. The highest BCUT2D eigenvalue weighted by Gasteiger charge is 2.45. The molecule has 1 aliphatic rings. The summed E-state index contributed by atoms with van der Waals surface area (Å²) in [6.07, 6.45) is 5.95. The molecular weight excluding hydrogens is 442 g/mol. The summed E-state index contributed by atoms with van der Waals surface area (Å²) < 4.78 is 1.01. The highest BCUT2D eigenvalue weighted by molar-refractivity contribution is 9.10. The van der Waals surface area contributed by atoms with Crippen molar-refractivity contribution in [3.8, 4) is 0 Å². The minimum atomic E-state index is -0.437. The molecule has 0 saturated heterocycles. The van der Waals surface area contributed by atoms with Gasteiger partial charge in [0.1, 0.15) is 0 Å². The minimum Gasteiger partial charge on any atom is -0.351 e. The Morgan fingerprint density at radius 2 is 1.73 bits per heavy atom. The Balaban J connectivity index is 1.41. The predicted molar refractivity (Wildman–Crippen MR) is 120 cm³/mol. The first-order chi connectivity index (χ1) is 14.6. The molecule has 30 heavy (non-hydrogen) atoms. The van der Waals surface area contributed by atoms with Gasteiger partial charge in [-0.3, -0.25) is 14.6 Å². The van der Waals surface area contributed by atoms with Crippen LogP contribution in [0.2, 0.25) is 0 Å². The van der Waals surface area contributed by atoms with Crippen molar-refractivity contribution in [3.05, 3.63) is 94.2 Å². The van der Waals surface area contributed by atoms with Crippen molar-refractivity contribution in [1.82, 2.24) is 10.3 Å². The second-order valence-electron chi connectivity index (χ2n) is 7.52. The van der Waals surface area contributed by atoms with Crippen LogP contribution in [-0.2, 0) is 16.8 Å².